The number of benzene rings is 2. The van der Waals surface area contributed by atoms with Crippen LogP contribution < -0.4 is 4.74 Å². The quantitative estimate of drug-likeness (QED) is 0.244. The second-order valence-corrected chi connectivity index (χ2v) is 10.9. The lowest BCUT2D eigenvalue weighted by Gasteiger charge is -2.32. The third-order valence-corrected chi connectivity index (χ3v) is 7.88. The minimum atomic E-state index is 0.0819. The molecule has 9 nitrogen and oxygen atoms in total. The summed E-state index contributed by atoms with van der Waals surface area (Å²) in [5.41, 5.74) is 6.51. The molecule has 1 aliphatic rings. The number of aryl methyl sites for hydroxylation is 3. The van der Waals surface area contributed by atoms with E-state index < -0.39 is 0 Å². The van der Waals surface area contributed by atoms with Crippen molar-refractivity contribution in [2.45, 2.75) is 26.8 Å². The first-order valence-corrected chi connectivity index (χ1v) is 13.9. The highest BCUT2D eigenvalue weighted by atomic mass is 16.5. The minimum absolute atomic E-state index is 0.0819. The van der Waals surface area contributed by atoms with Crippen LogP contribution in [-0.2, 0) is 20.0 Å². The normalized spacial score (nSPS) is 14.5. The van der Waals surface area contributed by atoms with Crippen molar-refractivity contribution in [1.29, 1.82) is 0 Å². The Morgan fingerprint density at radius 2 is 1.78 bits per heavy atom. The molecule has 0 aliphatic carbocycles. The van der Waals surface area contributed by atoms with Gasteiger partial charge in [-0.25, -0.2) is 4.98 Å². The number of ketones is 1. The van der Waals surface area contributed by atoms with Crippen molar-refractivity contribution < 1.29 is 13.9 Å². The van der Waals surface area contributed by atoms with Crippen LogP contribution in [0, 0.1) is 13.8 Å². The maximum atomic E-state index is 13.4. The Hall–Kier alpha value is -4.34. The van der Waals surface area contributed by atoms with Crippen LogP contribution >= 0.6 is 0 Å². The zero-order valence-electron chi connectivity index (χ0n) is 23.9. The maximum Gasteiger partial charge on any atom is 0.234 e. The van der Waals surface area contributed by atoms with Crippen LogP contribution in [0.25, 0.3) is 22.4 Å². The summed E-state index contributed by atoms with van der Waals surface area (Å²) in [6.45, 7) is 9.35. The van der Waals surface area contributed by atoms with E-state index in [0.717, 1.165) is 60.5 Å². The molecule has 9 heteroatoms. The number of hydrogen-bond donors (Lipinski definition) is 0. The molecule has 4 heterocycles. The summed E-state index contributed by atoms with van der Waals surface area (Å²) in [5, 5.41) is 5.03. The summed E-state index contributed by atoms with van der Waals surface area (Å²) >= 11 is 0. The Kier molecular flexibility index (Phi) is 7.38. The molecule has 6 rings (SSSR count). The minimum Gasteiger partial charge on any atom is -0.472 e. The van der Waals surface area contributed by atoms with Crippen molar-refractivity contribution in [3.8, 4) is 23.0 Å². The number of ether oxygens (including phenoxy) is 1. The lowest BCUT2D eigenvalue weighted by atomic mass is 9.96. The van der Waals surface area contributed by atoms with Gasteiger partial charge >= 0.3 is 0 Å². The number of nitrogens with zero attached hydrogens (tertiary/aromatic N) is 6. The first-order valence-electron chi connectivity index (χ1n) is 13.9. The van der Waals surface area contributed by atoms with Gasteiger partial charge in [0, 0.05) is 51.8 Å². The van der Waals surface area contributed by atoms with Gasteiger partial charge in [0.2, 0.25) is 5.88 Å². The average molecular weight is 551 g/mol. The molecule has 210 valence electrons. The SMILES string of the molecule is Cc1ccc(Oc2nc(-c3ccoc3)nc3c2cnn3C)cc1CC(=O)c1ccc(CN2CCN(C)CC2)c(C)c1. The Labute approximate surface area is 239 Å². The first kappa shape index (κ1) is 26.9. The second-order valence-electron chi connectivity index (χ2n) is 10.9. The number of piperazine rings is 1. The van der Waals surface area contributed by atoms with Gasteiger partial charge in [0.15, 0.2) is 17.3 Å². The molecule has 1 aliphatic heterocycles. The molecular weight excluding hydrogens is 516 g/mol. The van der Waals surface area contributed by atoms with Crippen LogP contribution in [0.3, 0.4) is 0 Å². The number of likely N-dealkylation sites (N-methyl/N-ethyl adjacent to an activating group) is 1. The lowest BCUT2D eigenvalue weighted by Crippen LogP contribution is -2.43. The number of carbonyl (C=O) groups excluding carboxylic acids is 1. The Balaban J connectivity index is 1.20. The van der Waals surface area contributed by atoms with Crippen molar-refractivity contribution in [1.82, 2.24) is 29.5 Å². The van der Waals surface area contributed by atoms with Crippen molar-refractivity contribution in [2.24, 2.45) is 7.05 Å². The molecule has 2 aromatic carbocycles. The summed E-state index contributed by atoms with van der Waals surface area (Å²) in [5.74, 6) is 1.56. The monoisotopic (exact) mass is 550 g/mol. The van der Waals surface area contributed by atoms with E-state index in [9.17, 15) is 4.79 Å². The number of aromatic nitrogens is 4. The molecule has 0 atom stereocenters. The Morgan fingerprint density at radius 3 is 2.54 bits per heavy atom. The molecule has 0 unspecified atom stereocenters. The van der Waals surface area contributed by atoms with Crippen molar-refractivity contribution in [3.63, 3.8) is 0 Å². The summed E-state index contributed by atoms with van der Waals surface area (Å²) in [7, 11) is 4.00. The highest BCUT2D eigenvalue weighted by molar-refractivity contribution is 5.98. The fourth-order valence-corrected chi connectivity index (χ4v) is 5.18. The van der Waals surface area contributed by atoms with Gasteiger partial charge < -0.3 is 14.1 Å². The van der Waals surface area contributed by atoms with Crippen LogP contribution in [-0.4, -0.2) is 68.6 Å². The molecule has 1 fully saturated rings. The Bertz CT molecular complexity index is 1700. The molecule has 0 N–H and O–H groups in total. The number of carbonyl (C=O) groups is 1. The predicted octanol–water partition coefficient (Wildman–Crippen LogP) is 5.21. The van der Waals surface area contributed by atoms with E-state index in [0.29, 0.717) is 28.5 Å². The fourth-order valence-electron chi connectivity index (χ4n) is 5.18. The highest BCUT2D eigenvalue weighted by Gasteiger charge is 2.18. The molecule has 0 bridgehead atoms. The van der Waals surface area contributed by atoms with Gasteiger partial charge in [-0.2, -0.15) is 10.1 Å². The Morgan fingerprint density at radius 1 is 0.951 bits per heavy atom. The van der Waals surface area contributed by atoms with Gasteiger partial charge in [-0.05, 0) is 67.4 Å². The molecule has 41 heavy (non-hydrogen) atoms. The molecule has 3 aromatic heterocycles. The topological polar surface area (TPSA) is 89.5 Å². The van der Waals surface area contributed by atoms with E-state index >= 15 is 0 Å². The predicted molar refractivity (Wildman–Crippen MR) is 157 cm³/mol. The summed E-state index contributed by atoms with van der Waals surface area (Å²) in [6, 6.07) is 13.7. The zero-order valence-corrected chi connectivity index (χ0v) is 23.9. The van der Waals surface area contributed by atoms with Gasteiger partial charge in [-0.15, -0.1) is 0 Å². The second kappa shape index (κ2) is 11.3. The van der Waals surface area contributed by atoms with Crippen LogP contribution in [0.15, 0.2) is 65.6 Å². The van der Waals surface area contributed by atoms with E-state index in [1.807, 2.05) is 44.3 Å². The number of rotatable bonds is 8. The van der Waals surface area contributed by atoms with Crippen LogP contribution in [0.5, 0.6) is 11.6 Å². The van der Waals surface area contributed by atoms with E-state index in [-0.39, 0.29) is 12.2 Å². The molecule has 0 radical (unpaired) electrons. The number of furan rings is 1. The smallest absolute Gasteiger partial charge is 0.234 e. The molecule has 0 saturated carbocycles. The van der Waals surface area contributed by atoms with Crippen molar-refractivity contribution in [2.75, 3.05) is 33.2 Å². The number of Topliss-reactive ketones (excluding diaryl/α,β-unsaturated/α-hetero) is 1. The van der Waals surface area contributed by atoms with Crippen LogP contribution in [0.2, 0.25) is 0 Å². The van der Waals surface area contributed by atoms with Crippen molar-refractivity contribution in [3.05, 3.63) is 89.0 Å². The molecule has 5 aromatic rings. The molecular formula is C32H34N6O3. The first-order chi connectivity index (χ1) is 19.8. The van der Waals surface area contributed by atoms with E-state index in [4.69, 9.17) is 9.15 Å². The van der Waals surface area contributed by atoms with E-state index in [1.165, 1.54) is 5.56 Å². The van der Waals surface area contributed by atoms with Gasteiger partial charge in [0.25, 0.3) is 0 Å². The van der Waals surface area contributed by atoms with E-state index in [1.54, 1.807) is 29.5 Å². The van der Waals surface area contributed by atoms with Crippen LogP contribution in [0.4, 0.5) is 0 Å². The van der Waals surface area contributed by atoms with Gasteiger partial charge in [-0.1, -0.05) is 18.2 Å². The summed E-state index contributed by atoms with van der Waals surface area (Å²) in [4.78, 5) is 27.5. The van der Waals surface area contributed by atoms with E-state index in [2.05, 4.69) is 44.9 Å². The molecule has 1 saturated heterocycles. The van der Waals surface area contributed by atoms with Gasteiger partial charge in [0.1, 0.15) is 17.4 Å². The van der Waals surface area contributed by atoms with Crippen molar-refractivity contribution >= 4 is 16.8 Å². The highest BCUT2D eigenvalue weighted by Crippen LogP contribution is 2.31. The third-order valence-electron chi connectivity index (χ3n) is 7.88. The largest absolute Gasteiger partial charge is 0.472 e. The van der Waals surface area contributed by atoms with Crippen LogP contribution in [0.1, 0.15) is 32.6 Å². The summed E-state index contributed by atoms with van der Waals surface area (Å²) < 4.78 is 13.2. The third kappa shape index (κ3) is 5.77. The maximum absolute atomic E-state index is 13.4. The number of hydrogen-bond acceptors (Lipinski definition) is 8. The standard InChI is InChI=1S/C32H34N6O3/c1-21-5-8-27(41-32-28-18-33-37(4)31(28)34-30(35-32)25-9-14-40-20-25)16-26(21)17-29(39)23-6-7-24(22(2)15-23)19-38-12-10-36(3)11-13-38/h5-9,14-16,18,20H,10-13,17,19H2,1-4H3. The van der Waals surface area contributed by atoms with Gasteiger partial charge in [-0.3, -0.25) is 14.4 Å². The number of fused-ring (bicyclic) bond motifs is 1. The lowest BCUT2D eigenvalue weighted by molar-refractivity contribution is 0.0992. The average Bonchev–Trinajstić information content (AvgIpc) is 3.63. The molecule has 0 amide bonds. The van der Waals surface area contributed by atoms with Gasteiger partial charge in [0.05, 0.1) is 18.0 Å². The zero-order chi connectivity index (χ0) is 28.5. The summed E-state index contributed by atoms with van der Waals surface area (Å²) in [6.07, 6.45) is 5.15. The fraction of sp³-hybridized carbons (Fsp3) is 0.312. The molecule has 0 spiro atoms.